The van der Waals surface area contributed by atoms with Crippen molar-refractivity contribution >= 4 is 50.0 Å². The number of aryl methyl sites for hydroxylation is 1. The molecule has 1 heterocycles. The van der Waals surface area contributed by atoms with Crippen molar-refractivity contribution in [1.29, 1.82) is 0 Å². The number of esters is 1. The van der Waals surface area contributed by atoms with Gasteiger partial charge in [0.1, 0.15) is 5.75 Å². The van der Waals surface area contributed by atoms with E-state index in [0.717, 1.165) is 27.0 Å². The molecule has 0 spiro atoms. The molecule has 0 aliphatic heterocycles. The number of carbonyl (C=O) groups excluding carboxylic acids is 1. The summed E-state index contributed by atoms with van der Waals surface area (Å²) in [6, 6.07) is 16.6. The summed E-state index contributed by atoms with van der Waals surface area (Å²) in [5.74, 6) is 0.397. The lowest BCUT2D eigenvalue weighted by molar-refractivity contribution is 0.0600. The van der Waals surface area contributed by atoms with E-state index in [9.17, 15) is 9.59 Å². The Kier molecular flexibility index (Phi) is 7.87. The molecule has 7 heteroatoms. The molecule has 3 rings (SSSR count). The number of rotatable bonds is 7. The van der Waals surface area contributed by atoms with Gasteiger partial charge in [-0.1, -0.05) is 30.3 Å². The van der Waals surface area contributed by atoms with Gasteiger partial charge >= 0.3 is 5.97 Å². The van der Waals surface area contributed by atoms with Crippen LogP contribution in [0.2, 0.25) is 0 Å². The SMILES string of the molecule is COC(=O)c1ccc(CCn2c(C=Cc3cccc(OC)c3)c(Br)cc(Br)c2=O)cc1. The molecule has 5 nitrogen and oxygen atoms in total. The maximum atomic E-state index is 12.8. The van der Waals surface area contributed by atoms with E-state index in [-0.39, 0.29) is 11.5 Å². The molecule has 31 heavy (non-hydrogen) atoms. The first kappa shape index (κ1) is 23.0. The number of hydrogen-bond acceptors (Lipinski definition) is 4. The van der Waals surface area contributed by atoms with Crippen molar-refractivity contribution in [1.82, 2.24) is 4.57 Å². The predicted octanol–water partition coefficient (Wildman–Crippen LogP) is 5.58. The van der Waals surface area contributed by atoms with Crippen molar-refractivity contribution in [3.8, 4) is 5.75 Å². The van der Waals surface area contributed by atoms with E-state index in [0.29, 0.717) is 23.0 Å². The summed E-state index contributed by atoms with van der Waals surface area (Å²) in [4.78, 5) is 24.4. The van der Waals surface area contributed by atoms with Crippen molar-refractivity contribution < 1.29 is 14.3 Å². The number of methoxy groups -OCH3 is 2. The summed E-state index contributed by atoms with van der Waals surface area (Å²) in [6.45, 7) is 0.478. The van der Waals surface area contributed by atoms with Crippen LogP contribution in [-0.2, 0) is 17.7 Å². The van der Waals surface area contributed by atoms with Crippen LogP contribution in [0.15, 0.2) is 68.3 Å². The molecule has 0 atom stereocenters. The summed E-state index contributed by atoms with van der Waals surface area (Å²) in [5.41, 5.74) is 3.13. The molecule has 0 amide bonds. The Morgan fingerprint density at radius 1 is 1.00 bits per heavy atom. The number of hydrogen-bond donors (Lipinski definition) is 0. The third-order valence-electron chi connectivity index (χ3n) is 4.76. The van der Waals surface area contributed by atoms with Crippen molar-refractivity contribution in [3.05, 3.63) is 96.3 Å². The van der Waals surface area contributed by atoms with Gasteiger partial charge in [-0.3, -0.25) is 4.79 Å². The maximum absolute atomic E-state index is 12.8. The van der Waals surface area contributed by atoms with Crippen LogP contribution < -0.4 is 10.3 Å². The van der Waals surface area contributed by atoms with Crippen LogP contribution in [0, 0.1) is 0 Å². The van der Waals surface area contributed by atoms with E-state index in [1.807, 2.05) is 48.6 Å². The first-order valence-electron chi connectivity index (χ1n) is 9.51. The Balaban J connectivity index is 1.88. The fourth-order valence-electron chi connectivity index (χ4n) is 3.09. The van der Waals surface area contributed by atoms with Crippen molar-refractivity contribution in [3.63, 3.8) is 0 Å². The monoisotopic (exact) mass is 545 g/mol. The van der Waals surface area contributed by atoms with Crippen LogP contribution in [0.4, 0.5) is 0 Å². The van der Waals surface area contributed by atoms with Crippen LogP contribution in [0.5, 0.6) is 5.75 Å². The molecule has 0 saturated heterocycles. The number of benzene rings is 2. The summed E-state index contributed by atoms with van der Waals surface area (Å²) in [7, 11) is 2.98. The van der Waals surface area contributed by atoms with Gasteiger partial charge in [-0.15, -0.1) is 0 Å². The number of halogens is 2. The van der Waals surface area contributed by atoms with Gasteiger partial charge in [-0.05, 0) is 85.8 Å². The average Bonchev–Trinajstić information content (AvgIpc) is 2.79. The van der Waals surface area contributed by atoms with Crippen LogP contribution in [0.1, 0.15) is 27.2 Å². The largest absolute Gasteiger partial charge is 0.497 e. The van der Waals surface area contributed by atoms with E-state index < -0.39 is 0 Å². The zero-order valence-corrected chi connectivity index (χ0v) is 20.3. The summed E-state index contributed by atoms with van der Waals surface area (Å²) in [6.07, 6.45) is 4.48. The summed E-state index contributed by atoms with van der Waals surface area (Å²) in [5, 5.41) is 0. The molecule has 2 aromatic carbocycles. The molecule has 1 aromatic heterocycles. The first-order chi connectivity index (χ1) is 14.9. The zero-order chi connectivity index (χ0) is 22.4. The topological polar surface area (TPSA) is 57.5 Å². The van der Waals surface area contributed by atoms with Gasteiger partial charge < -0.3 is 14.0 Å². The van der Waals surface area contributed by atoms with Gasteiger partial charge in [-0.2, -0.15) is 0 Å². The van der Waals surface area contributed by atoms with Crippen LogP contribution in [-0.4, -0.2) is 24.8 Å². The molecule has 0 radical (unpaired) electrons. The zero-order valence-electron chi connectivity index (χ0n) is 17.1. The molecule has 0 fully saturated rings. The Morgan fingerprint density at radius 3 is 2.42 bits per heavy atom. The molecule has 160 valence electrons. The fourth-order valence-corrected chi connectivity index (χ4v) is 4.42. The van der Waals surface area contributed by atoms with E-state index in [1.54, 1.807) is 29.9 Å². The van der Waals surface area contributed by atoms with Gasteiger partial charge in [0.2, 0.25) is 0 Å². The molecular formula is C24H21Br2NO4. The highest BCUT2D eigenvalue weighted by Gasteiger charge is 2.11. The minimum atomic E-state index is -0.372. The van der Waals surface area contributed by atoms with Crippen molar-refractivity contribution in [2.75, 3.05) is 14.2 Å². The number of pyridine rings is 1. The van der Waals surface area contributed by atoms with Crippen molar-refractivity contribution in [2.24, 2.45) is 0 Å². The molecule has 0 aliphatic carbocycles. The highest BCUT2D eigenvalue weighted by Crippen LogP contribution is 2.23. The number of ether oxygens (including phenoxy) is 2. The molecular weight excluding hydrogens is 526 g/mol. The second-order valence-corrected chi connectivity index (χ2v) is 8.44. The lowest BCUT2D eigenvalue weighted by Gasteiger charge is -2.13. The van der Waals surface area contributed by atoms with Crippen molar-refractivity contribution in [2.45, 2.75) is 13.0 Å². The molecule has 0 saturated carbocycles. The minimum Gasteiger partial charge on any atom is -0.497 e. The van der Waals surface area contributed by atoms with Crippen LogP contribution in [0.3, 0.4) is 0 Å². The first-order valence-corrected chi connectivity index (χ1v) is 11.1. The number of carbonyl (C=O) groups is 1. The molecule has 0 N–H and O–H groups in total. The molecule has 3 aromatic rings. The molecule has 0 bridgehead atoms. The Labute approximate surface area is 197 Å². The highest BCUT2D eigenvalue weighted by molar-refractivity contribution is 9.11. The van der Waals surface area contributed by atoms with E-state index >= 15 is 0 Å². The summed E-state index contributed by atoms with van der Waals surface area (Å²) < 4.78 is 13.0. The quantitative estimate of drug-likeness (QED) is 0.363. The lowest BCUT2D eigenvalue weighted by atomic mass is 10.1. The van der Waals surface area contributed by atoms with Crippen LogP contribution >= 0.6 is 31.9 Å². The number of aromatic nitrogens is 1. The van der Waals surface area contributed by atoms with Gasteiger partial charge in [-0.25, -0.2) is 4.79 Å². The number of nitrogens with zero attached hydrogens (tertiary/aromatic N) is 1. The molecule has 0 unspecified atom stereocenters. The van der Waals surface area contributed by atoms with Gasteiger partial charge in [0.05, 0.1) is 29.9 Å². The third-order valence-corrected chi connectivity index (χ3v) is 5.97. The normalized spacial score (nSPS) is 11.0. The Morgan fingerprint density at radius 2 is 1.74 bits per heavy atom. The van der Waals surface area contributed by atoms with Gasteiger partial charge in [0.25, 0.3) is 5.56 Å². The van der Waals surface area contributed by atoms with Crippen LogP contribution in [0.25, 0.3) is 12.2 Å². The predicted molar refractivity (Wildman–Crippen MR) is 130 cm³/mol. The maximum Gasteiger partial charge on any atom is 0.337 e. The Hall–Kier alpha value is -2.64. The average molecular weight is 547 g/mol. The van der Waals surface area contributed by atoms with E-state index in [2.05, 4.69) is 31.9 Å². The fraction of sp³-hybridized carbons (Fsp3) is 0.167. The second kappa shape index (κ2) is 10.6. The Bertz CT molecular complexity index is 1170. The standard InChI is InChI=1S/C24H21Br2NO4/c1-30-19-5-3-4-17(14-19)8-11-22-20(25)15-21(26)23(28)27(22)13-12-16-6-9-18(10-7-16)24(29)31-2/h3-11,14-15H,12-13H2,1-2H3. The second-order valence-electron chi connectivity index (χ2n) is 6.73. The van der Waals surface area contributed by atoms with E-state index in [4.69, 9.17) is 9.47 Å². The van der Waals surface area contributed by atoms with E-state index in [1.165, 1.54) is 7.11 Å². The molecule has 0 aliphatic rings. The highest BCUT2D eigenvalue weighted by atomic mass is 79.9. The smallest absolute Gasteiger partial charge is 0.337 e. The van der Waals surface area contributed by atoms with Gasteiger partial charge in [0.15, 0.2) is 0 Å². The summed E-state index contributed by atoms with van der Waals surface area (Å²) >= 11 is 6.93. The third kappa shape index (κ3) is 5.74. The van der Waals surface area contributed by atoms with Gasteiger partial charge in [0, 0.05) is 11.0 Å². The lowest BCUT2D eigenvalue weighted by Crippen LogP contribution is -2.24. The minimum absolute atomic E-state index is 0.111.